The lowest BCUT2D eigenvalue weighted by molar-refractivity contribution is -0.765. The number of hydrogen-bond acceptors (Lipinski definition) is 9. The van der Waals surface area contributed by atoms with Crippen molar-refractivity contribution in [2.45, 2.75) is 43.4 Å². The zero-order valence-electron chi connectivity index (χ0n) is 16.1. The Morgan fingerprint density at radius 3 is 2.43 bits per heavy atom. The molecule has 0 spiro atoms. The summed E-state index contributed by atoms with van der Waals surface area (Å²) in [6, 6.07) is 1.89. The van der Waals surface area contributed by atoms with Crippen LogP contribution >= 0.6 is 0 Å². The highest BCUT2D eigenvalue weighted by atomic mass is 16.6. The number of nitrogens with two attached hydrogens (primary N) is 3. The summed E-state index contributed by atoms with van der Waals surface area (Å²) < 4.78 is 6.57. The molecule has 30 heavy (non-hydrogen) atoms. The summed E-state index contributed by atoms with van der Waals surface area (Å²) in [4.78, 5) is 23.5. The number of nitrogens with one attached hydrogen (secondary N) is 1. The van der Waals surface area contributed by atoms with Crippen molar-refractivity contribution >= 4 is 17.9 Å². The zero-order valence-corrected chi connectivity index (χ0v) is 16.1. The van der Waals surface area contributed by atoms with Crippen LogP contribution in [0.25, 0.3) is 0 Å². The van der Waals surface area contributed by atoms with Crippen LogP contribution in [-0.4, -0.2) is 70.7 Å². The van der Waals surface area contributed by atoms with Gasteiger partial charge < -0.3 is 45.6 Å². The third-order valence-electron chi connectivity index (χ3n) is 4.19. The Morgan fingerprint density at radius 1 is 1.27 bits per heavy atom. The van der Waals surface area contributed by atoms with E-state index in [1.165, 1.54) is 29.1 Å². The Bertz CT molecular complexity index is 743. The van der Waals surface area contributed by atoms with Gasteiger partial charge in [0.15, 0.2) is 18.5 Å². The van der Waals surface area contributed by atoms with Crippen molar-refractivity contribution < 1.29 is 49.4 Å². The molecule has 5 atom stereocenters. The van der Waals surface area contributed by atoms with Gasteiger partial charge in [-0.1, -0.05) is 0 Å². The molecular weight excluding hydrogens is 402 g/mol. The second-order valence-electron chi connectivity index (χ2n) is 6.51. The third kappa shape index (κ3) is 7.53. The first-order valence-corrected chi connectivity index (χ1v) is 9.01. The molecule has 0 amide bonds. The van der Waals surface area contributed by atoms with E-state index >= 15 is 0 Å². The average molecular weight is 429 g/mol. The highest BCUT2D eigenvalue weighted by Gasteiger charge is 2.47. The number of carbonyl (C=O) groups excluding carboxylic acids is 2. The van der Waals surface area contributed by atoms with Crippen molar-refractivity contribution in [1.82, 2.24) is 0 Å². The van der Waals surface area contributed by atoms with Crippen LogP contribution in [0.4, 0.5) is 0 Å². The van der Waals surface area contributed by atoms with Crippen LogP contribution in [0.15, 0.2) is 24.5 Å². The van der Waals surface area contributed by atoms with E-state index in [9.17, 15) is 30.0 Å². The van der Waals surface area contributed by atoms with E-state index in [1.54, 1.807) is 0 Å². The molecule has 2 heterocycles. The van der Waals surface area contributed by atoms with Gasteiger partial charge in [-0.3, -0.25) is 16.5 Å². The van der Waals surface area contributed by atoms with Gasteiger partial charge in [0, 0.05) is 12.1 Å². The maximum absolute atomic E-state index is 10.7. The number of carboxylic acid groups (broad SMARTS) is 2. The van der Waals surface area contributed by atoms with Gasteiger partial charge in [-0.2, -0.15) is 4.57 Å². The molecule has 0 unspecified atom stereocenters. The van der Waals surface area contributed by atoms with Gasteiger partial charge in [0.2, 0.25) is 0 Å². The number of aliphatic hydroxyl groups is 3. The van der Waals surface area contributed by atoms with E-state index in [4.69, 9.17) is 27.0 Å². The number of carbonyl (C=O) groups is 2. The predicted molar refractivity (Wildman–Crippen MR) is 95.4 cm³/mol. The molecule has 0 bridgehead atoms. The van der Waals surface area contributed by atoms with E-state index in [0.717, 1.165) is 0 Å². The van der Waals surface area contributed by atoms with E-state index in [-0.39, 0.29) is 11.5 Å². The second kappa shape index (κ2) is 12.0. The maximum Gasteiger partial charge on any atom is 0.338 e. The summed E-state index contributed by atoms with van der Waals surface area (Å²) in [5.41, 5.74) is 15.3. The van der Waals surface area contributed by atoms with Crippen molar-refractivity contribution in [2.75, 3.05) is 13.2 Å². The molecule has 13 nitrogen and oxygen atoms in total. The molecule has 1 aromatic rings. The first-order chi connectivity index (χ1) is 14.1. The fourth-order valence-corrected chi connectivity index (χ4v) is 2.57. The third-order valence-corrected chi connectivity index (χ3v) is 4.19. The number of aromatic nitrogens is 1. The number of aromatic carboxylic acids is 1. The topological polar surface area (TPSA) is 246 Å². The fourth-order valence-electron chi connectivity index (χ4n) is 2.57. The van der Waals surface area contributed by atoms with Crippen LogP contribution in [0, 0.1) is 0 Å². The van der Waals surface area contributed by atoms with Gasteiger partial charge in [0.25, 0.3) is 6.23 Å². The minimum absolute atomic E-state index is 0.0739. The van der Waals surface area contributed by atoms with Crippen LogP contribution in [0.3, 0.4) is 0 Å². The molecule has 0 radical (unpaired) electrons. The molecule has 168 valence electrons. The normalized spacial score (nSPS) is 23.7. The molecule has 1 aromatic heterocycles. The highest BCUT2D eigenvalue weighted by Crippen LogP contribution is 2.24. The molecule has 0 aromatic carbocycles. The highest BCUT2D eigenvalue weighted by molar-refractivity contribution is 5.84. The van der Waals surface area contributed by atoms with E-state index in [2.05, 4.69) is 4.99 Å². The number of aliphatic carboxylic acids is 1. The van der Waals surface area contributed by atoms with Crippen LogP contribution in [-0.2, 0) is 9.53 Å². The SMILES string of the molecule is NC(N)=[NH+]CCC[C@H](N)C(=O)[O-].O=C([O-])c1ccc[n+]([C@@H]2O[C@H](CO)[C@@H](O)[C@H]2O)c1. The molecule has 0 saturated carbocycles. The van der Waals surface area contributed by atoms with Crippen LogP contribution in [0.1, 0.15) is 29.4 Å². The Kier molecular flexibility index (Phi) is 10.1. The summed E-state index contributed by atoms with van der Waals surface area (Å²) in [6.07, 6.45) is -0.651. The smallest absolute Gasteiger partial charge is 0.338 e. The van der Waals surface area contributed by atoms with E-state index in [1.807, 2.05) is 0 Å². The molecule has 1 aliphatic heterocycles. The summed E-state index contributed by atoms with van der Waals surface area (Å²) in [7, 11) is 0. The molecule has 1 aliphatic rings. The first-order valence-electron chi connectivity index (χ1n) is 9.01. The molecule has 10 N–H and O–H groups in total. The molecule has 0 aliphatic carbocycles. The van der Waals surface area contributed by atoms with Gasteiger partial charge in [0.05, 0.1) is 30.7 Å². The number of guanidine groups is 1. The quantitative estimate of drug-likeness (QED) is 0.0884. The largest absolute Gasteiger partial charge is 0.548 e. The Labute approximate surface area is 172 Å². The summed E-state index contributed by atoms with van der Waals surface area (Å²) in [5, 5.41) is 49.1. The maximum atomic E-state index is 10.7. The zero-order chi connectivity index (χ0) is 22.8. The monoisotopic (exact) mass is 429 g/mol. The minimum atomic E-state index is -1.35. The van der Waals surface area contributed by atoms with Gasteiger partial charge in [-0.05, 0) is 18.9 Å². The first kappa shape index (κ1) is 25.2. The van der Waals surface area contributed by atoms with Crippen LogP contribution < -0.4 is 37.0 Å². The summed E-state index contributed by atoms with van der Waals surface area (Å²) in [6.45, 7) is 0.0821. The number of aliphatic hydroxyl groups excluding tert-OH is 3. The second-order valence-corrected chi connectivity index (χ2v) is 6.51. The standard InChI is InChI=1S/C11H13NO6.C6H14N4O2/c13-5-7-8(14)9(15)10(18-7)12-3-1-2-6(4-12)11(16)17;7-4(5(11)12)2-1-3-10-6(8)9/h1-4,7-10,13-15H,5H2;4H,1-3,7H2,(H,11,12)(H4,8,9,10)/t7-,8-,9-,10-;4-/m10/s1. The van der Waals surface area contributed by atoms with E-state index in [0.29, 0.717) is 19.4 Å². The molecular formula is C17H27N5O8. The summed E-state index contributed by atoms with van der Waals surface area (Å²) in [5.74, 6) is -2.46. The summed E-state index contributed by atoms with van der Waals surface area (Å²) >= 11 is 0. The molecule has 13 heteroatoms. The lowest BCUT2D eigenvalue weighted by Crippen LogP contribution is -2.78. The Hall–Kier alpha value is -2.84. The minimum Gasteiger partial charge on any atom is -0.548 e. The van der Waals surface area contributed by atoms with Gasteiger partial charge in [-0.15, -0.1) is 0 Å². The lowest BCUT2D eigenvalue weighted by atomic mass is 10.1. The predicted octanol–water partition coefficient (Wildman–Crippen LogP) is -7.85. The number of nitrogens with zero attached hydrogens (tertiary/aromatic N) is 1. The van der Waals surface area contributed by atoms with Crippen molar-refractivity contribution in [1.29, 1.82) is 0 Å². The van der Waals surface area contributed by atoms with Crippen molar-refractivity contribution in [3.63, 3.8) is 0 Å². The molecule has 1 saturated heterocycles. The van der Waals surface area contributed by atoms with Crippen molar-refractivity contribution in [3.8, 4) is 0 Å². The fraction of sp³-hybridized carbons (Fsp3) is 0.529. The van der Waals surface area contributed by atoms with Crippen LogP contribution in [0.5, 0.6) is 0 Å². The van der Waals surface area contributed by atoms with Crippen molar-refractivity contribution in [3.05, 3.63) is 30.1 Å². The molecule has 2 rings (SSSR count). The van der Waals surface area contributed by atoms with Crippen LogP contribution in [0.2, 0.25) is 0 Å². The molecule has 1 fully saturated rings. The lowest BCUT2D eigenvalue weighted by Gasteiger charge is -2.10. The van der Waals surface area contributed by atoms with Gasteiger partial charge in [-0.25, -0.2) is 0 Å². The number of hydrogen-bond donors (Lipinski definition) is 7. The number of carboxylic acids is 2. The Balaban J connectivity index is 0.000000329. The number of pyridine rings is 1. The van der Waals surface area contributed by atoms with Crippen molar-refractivity contribution in [2.24, 2.45) is 17.2 Å². The number of ether oxygens (including phenoxy) is 1. The average Bonchev–Trinajstić information content (AvgIpc) is 2.99. The Morgan fingerprint density at radius 2 is 1.93 bits per heavy atom. The number of rotatable bonds is 8. The van der Waals surface area contributed by atoms with Gasteiger partial charge >= 0.3 is 5.96 Å². The van der Waals surface area contributed by atoms with E-state index < -0.39 is 49.1 Å². The van der Waals surface area contributed by atoms with Gasteiger partial charge in [0.1, 0.15) is 12.2 Å².